The Morgan fingerprint density at radius 2 is 1.80 bits per heavy atom. The van der Waals surface area contributed by atoms with Crippen LogP contribution < -0.4 is 29.6 Å². The molecule has 2 aromatic carbocycles. The van der Waals surface area contributed by atoms with Crippen LogP contribution in [0.2, 0.25) is 0 Å². The maximum atomic E-state index is 15.3. The molecule has 1 aromatic heterocycles. The summed E-state index contributed by atoms with van der Waals surface area (Å²) in [6.45, 7) is 7.43. The quantitative estimate of drug-likeness (QED) is 0.193. The van der Waals surface area contributed by atoms with Crippen LogP contribution in [0.3, 0.4) is 0 Å². The number of benzene rings is 2. The topological polar surface area (TPSA) is 203 Å². The molecule has 7 atom stereocenters. The molecule has 15 nitrogen and oxygen atoms in total. The minimum absolute atomic E-state index is 0.00292. The van der Waals surface area contributed by atoms with Crippen LogP contribution in [0, 0.1) is 23.6 Å². The van der Waals surface area contributed by atoms with E-state index in [1.807, 2.05) is 45.1 Å². The largest absolute Gasteiger partial charge is 0.494 e. The van der Waals surface area contributed by atoms with Gasteiger partial charge in [0.1, 0.15) is 29.5 Å². The zero-order valence-electron chi connectivity index (χ0n) is 34.3. The summed E-state index contributed by atoms with van der Waals surface area (Å²) >= 11 is 0. The van der Waals surface area contributed by atoms with Crippen molar-refractivity contribution in [2.24, 2.45) is 17.8 Å². The average molecular weight is 850 g/mol. The number of methoxy groups -OCH3 is 1. The first-order valence-corrected chi connectivity index (χ1v) is 22.0. The lowest BCUT2D eigenvalue weighted by Gasteiger charge is -2.32. The fourth-order valence-electron chi connectivity index (χ4n) is 8.38. The molecule has 3 fully saturated rings. The van der Waals surface area contributed by atoms with Crippen molar-refractivity contribution < 1.29 is 51.3 Å². The Kier molecular flexibility index (Phi) is 12.0. The second-order valence-electron chi connectivity index (χ2n) is 16.9. The van der Waals surface area contributed by atoms with Crippen molar-refractivity contribution in [3.8, 4) is 28.6 Å². The van der Waals surface area contributed by atoms with Gasteiger partial charge >= 0.3 is 6.09 Å². The maximum Gasteiger partial charge on any atom is 0.405 e. The standard InChI is InChI=1S/C43H52FN5O10S/c1-23(2)58-29-12-10-26(11-13-29)34-17-27-18-36(57-5)33(44)20-32(27)39(45-34)59-30-19-35-38(50)47-43(41(52)48-60(55,56)31-14-15-31)21-28(43)9-7-6-8-24(3)16-25(4)37(46-42(53)54)40(51)49(35)22-30/h7,9-13,17-18,20,23-25,28,30-31,35,37,46H,6,8,14-16,19,21-22H2,1-5H3,(H,47,50)(H,48,52)(H,53,54)/t24-,25-,28-,30-,35+,37+,43-/m1/s1. The smallest absolute Gasteiger partial charge is 0.405 e. The van der Waals surface area contributed by atoms with Gasteiger partial charge in [0.05, 0.1) is 30.7 Å². The lowest BCUT2D eigenvalue weighted by atomic mass is 9.88. The highest BCUT2D eigenvalue weighted by molar-refractivity contribution is 7.91. The van der Waals surface area contributed by atoms with Gasteiger partial charge in [-0.3, -0.25) is 19.1 Å². The monoisotopic (exact) mass is 849 g/mol. The van der Waals surface area contributed by atoms with Crippen LogP contribution in [0.4, 0.5) is 9.18 Å². The second-order valence-corrected chi connectivity index (χ2v) is 18.9. The van der Waals surface area contributed by atoms with E-state index in [0.717, 1.165) is 0 Å². The van der Waals surface area contributed by atoms with E-state index in [0.29, 0.717) is 59.9 Å². The van der Waals surface area contributed by atoms with Gasteiger partial charge in [0.25, 0.3) is 5.91 Å². The van der Waals surface area contributed by atoms with Gasteiger partial charge in [-0.05, 0) is 112 Å². The number of aromatic nitrogens is 1. The molecule has 3 heterocycles. The van der Waals surface area contributed by atoms with Crippen LogP contribution in [0.1, 0.15) is 72.6 Å². The number of hydrogen-bond acceptors (Lipinski definition) is 10. The molecule has 2 aliphatic carbocycles. The number of allylic oxidation sites excluding steroid dienone is 1. The van der Waals surface area contributed by atoms with Crippen molar-refractivity contribution >= 4 is 44.6 Å². The molecule has 4 amide bonds. The van der Waals surface area contributed by atoms with Crippen LogP contribution in [-0.4, -0.2) is 96.0 Å². The Bertz CT molecular complexity index is 2300. The summed E-state index contributed by atoms with van der Waals surface area (Å²) in [6, 6.07) is 9.27. The van der Waals surface area contributed by atoms with E-state index in [9.17, 15) is 32.7 Å². The van der Waals surface area contributed by atoms with E-state index in [4.69, 9.17) is 19.2 Å². The lowest BCUT2D eigenvalue weighted by Crippen LogP contribution is -2.59. The molecule has 322 valence electrons. The molecule has 4 N–H and O–H groups in total. The summed E-state index contributed by atoms with van der Waals surface area (Å²) in [7, 11) is -2.61. The number of halogens is 1. The fourth-order valence-corrected chi connectivity index (χ4v) is 9.75. The molecule has 60 heavy (non-hydrogen) atoms. The third kappa shape index (κ3) is 9.15. The molecule has 2 saturated carbocycles. The van der Waals surface area contributed by atoms with Gasteiger partial charge < -0.3 is 34.9 Å². The summed E-state index contributed by atoms with van der Waals surface area (Å²) in [6.07, 6.45) is 4.05. The van der Waals surface area contributed by atoms with Crippen LogP contribution in [0.15, 0.2) is 54.6 Å². The third-order valence-electron chi connectivity index (χ3n) is 11.8. The number of ether oxygens (including phenoxy) is 3. The summed E-state index contributed by atoms with van der Waals surface area (Å²) in [5.41, 5.74) is -0.431. The molecule has 3 aromatic rings. The number of pyridine rings is 1. The van der Waals surface area contributed by atoms with E-state index in [1.54, 1.807) is 25.1 Å². The number of hydrogen-bond donors (Lipinski definition) is 4. The molecule has 17 heteroatoms. The number of sulfonamides is 1. The van der Waals surface area contributed by atoms with E-state index in [2.05, 4.69) is 15.4 Å². The normalized spacial score (nSPS) is 27.2. The van der Waals surface area contributed by atoms with Crippen LogP contribution in [0.5, 0.6) is 17.4 Å². The highest BCUT2D eigenvalue weighted by Gasteiger charge is 2.62. The van der Waals surface area contributed by atoms with Crippen molar-refractivity contribution in [1.82, 2.24) is 25.2 Å². The molecular weight excluding hydrogens is 798 g/mol. The Hall–Kier alpha value is -5.45. The first-order valence-electron chi connectivity index (χ1n) is 20.4. The molecule has 1 saturated heterocycles. The highest BCUT2D eigenvalue weighted by Crippen LogP contribution is 2.46. The van der Waals surface area contributed by atoms with E-state index in [-0.39, 0.29) is 43.0 Å². The molecule has 7 rings (SSSR count). The van der Waals surface area contributed by atoms with Crippen molar-refractivity contribution in [2.45, 2.75) is 108 Å². The molecule has 0 unspecified atom stereocenters. The summed E-state index contributed by atoms with van der Waals surface area (Å²) in [5.74, 6) is -3.16. The average Bonchev–Trinajstić information content (AvgIpc) is 4.12. The molecule has 0 spiro atoms. The fraction of sp³-hybridized carbons (Fsp3) is 0.512. The highest BCUT2D eigenvalue weighted by atomic mass is 32.2. The number of rotatable bonds is 10. The van der Waals surface area contributed by atoms with Gasteiger partial charge in [-0.2, -0.15) is 0 Å². The molecular formula is C43H52FN5O10S. The number of fused-ring (bicyclic) bond motifs is 3. The van der Waals surface area contributed by atoms with Crippen LogP contribution in [-0.2, 0) is 24.4 Å². The molecule has 0 radical (unpaired) electrons. The third-order valence-corrected chi connectivity index (χ3v) is 13.6. The number of nitrogens with zero attached hydrogens (tertiary/aromatic N) is 2. The summed E-state index contributed by atoms with van der Waals surface area (Å²) in [5, 5.41) is 15.2. The van der Waals surface area contributed by atoms with Crippen molar-refractivity contribution in [3.63, 3.8) is 0 Å². The number of amides is 4. The van der Waals surface area contributed by atoms with Gasteiger partial charge in [0, 0.05) is 23.3 Å². The van der Waals surface area contributed by atoms with Crippen molar-refractivity contribution in [1.29, 1.82) is 0 Å². The molecule has 4 aliphatic rings. The summed E-state index contributed by atoms with van der Waals surface area (Å²) < 4.78 is 60.9. The zero-order chi connectivity index (χ0) is 43.1. The number of carbonyl (C=O) groups excluding carboxylic acids is 3. The Morgan fingerprint density at radius 3 is 2.47 bits per heavy atom. The van der Waals surface area contributed by atoms with Gasteiger partial charge in [-0.25, -0.2) is 22.6 Å². The van der Waals surface area contributed by atoms with Gasteiger partial charge in [0.15, 0.2) is 11.6 Å². The van der Waals surface area contributed by atoms with Crippen LogP contribution >= 0.6 is 0 Å². The number of nitrogens with one attached hydrogen (secondary N) is 3. The predicted molar refractivity (Wildman–Crippen MR) is 219 cm³/mol. The second kappa shape index (κ2) is 16.9. The van der Waals surface area contributed by atoms with Gasteiger partial charge in [-0.1, -0.05) is 26.0 Å². The lowest BCUT2D eigenvalue weighted by molar-refractivity contribution is -0.142. The SMILES string of the molecule is COc1cc2cc(-c3ccc(OC(C)C)cc3)nc(O[C@@H]3C[C@H]4C(=O)N[C@]5(C(=O)NS(=O)(=O)C6CC6)C[C@H]5C=CCC[C@@H](C)C[C@@H](C)[C@H](NC(=O)O)C(=O)N4C3)c2cc1F. The van der Waals surface area contributed by atoms with E-state index >= 15 is 4.39 Å². The van der Waals surface area contributed by atoms with Crippen LogP contribution in [0.25, 0.3) is 22.0 Å². The van der Waals surface area contributed by atoms with E-state index < -0.39 is 80.5 Å². The zero-order valence-corrected chi connectivity index (χ0v) is 35.1. The van der Waals surface area contributed by atoms with Crippen molar-refractivity contribution in [2.75, 3.05) is 13.7 Å². The Morgan fingerprint density at radius 1 is 1.07 bits per heavy atom. The number of carbonyl (C=O) groups is 4. The Labute approximate surface area is 348 Å². The minimum atomic E-state index is -3.96. The Balaban J connectivity index is 1.25. The first-order chi connectivity index (χ1) is 28.5. The molecule has 0 bridgehead atoms. The predicted octanol–water partition coefficient (Wildman–Crippen LogP) is 5.32. The van der Waals surface area contributed by atoms with Gasteiger partial charge in [0.2, 0.25) is 27.7 Å². The maximum absolute atomic E-state index is 15.3. The molecule has 2 aliphatic heterocycles. The first kappa shape index (κ1) is 42.7. The van der Waals surface area contributed by atoms with Gasteiger partial charge in [-0.15, -0.1) is 0 Å². The number of carboxylic acid groups (broad SMARTS) is 1. The summed E-state index contributed by atoms with van der Waals surface area (Å²) in [4.78, 5) is 61.1. The van der Waals surface area contributed by atoms with Crippen molar-refractivity contribution in [3.05, 3.63) is 60.4 Å². The minimum Gasteiger partial charge on any atom is -0.494 e. The van der Waals surface area contributed by atoms with E-state index in [1.165, 1.54) is 24.1 Å².